The summed E-state index contributed by atoms with van der Waals surface area (Å²) in [5, 5.41) is 5.86. The van der Waals surface area contributed by atoms with Gasteiger partial charge in [-0.1, -0.05) is 0 Å². The Kier molecular flexibility index (Phi) is 4.03. The number of carbonyl (C=O) groups is 2. The van der Waals surface area contributed by atoms with Crippen LogP contribution in [0, 0.1) is 5.92 Å². The van der Waals surface area contributed by atoms with Gasteiger partial charge in [0.05, 0.1) is 11.9 Å². The quantitative estimate of drug-likeness (QED) is 0.887. The number of pyridine rings is 1. The molecule has 0 bridgehead atoms. The van der Waals surface area contributed by atoms with Gasteiger partial charge in [-0.05, 0) is 37.8 Å². The Bertz CT molecular complexity index is 508. The third-order valence-electron chi connectivity index (χ3n) is 3.99. The van der Waals surface area contributed by atoms with Crippen LogP contribution >= 0.6 is 0 Å². The van der Waals surface area contributed by atoms with E-state index in [0.29, 0.717) is 32.0 Å². The van der Waals surface area contributed by atoms with Crippen LogP contribution in [0.15, 0.2) is 24.5 Å². The molecule has 1 aliphatic heterocycles. The molecule has 6 heteroatoms. The van der Waals surface area contributed by atoms with E-state index in [-0.39, 0.29) is 17.9 Å². The number of hydrogen-bond donors (Lipinski definition) is 2. The molecule has 0 aromatic carbocycles. The number of amides is 3. The smallest absolute Gasteiger partial charge is 0.317 e. The van der Waals surface area contributed by atoms with Crippen LogP contribution < -0.4 is 10.6 Å². The van der Waals surface area contributed by atoms with E-state index < -0.39 is 0 Å². The van der Waals surface area contributed by atoms with E-state index in [1.807, 2.05) is 11.0 Å². The maximum absolute atomic E-state index is 12.2. The average molecular weight is 288 g/mol. The predicted octanol–water partition coefficient (Wildman–Crippen LogP) is 1.60. The number of nitrogens with one attached hydrogen (secondary N) is 2. The largest absolute Gasteiger partial charge is 0.335 e. The molecule has 2 fully saturated rings. The van der Waals surface area contributed by atoms with Crippen molar-refractivity contribution in [2.45, 2.75) is 31.7 Å². The third kappa shape index (κ3) is 3.71. The van der Waals surface area contributed by atoms with Gasteiger partial charge in [-0.2, -0.15) is 0 Å². The number of rotatable bonds is 3. The zero-order valence-corrected chi connectivity index (χ0v) is 11.9. The Morgan fingerprint density at radius 3 is 2.57 bits per heavy atom. The number of piperidine rings is 1. The molecule has 1 saturated carbocycles. The Balaban J connectivity index is 1.46. The summed E-state index contributed by atoms with van der Waals surface area (Å²) in [6.07, 6.45) is 6.92. The molecule has 1 saturated heterocycles. The molecule has 0 spiro atoms. The maximum atomic E-state index is 12.2. The lowest BCUT2D eigenvalue weighted by Gasteiger charge is -2.31. The normalized spacial score (nSPS) is 19.1. The number of hydrogen-bond acceptors (Lipinski definition) is 3. The Morgan fingerprint density at radius 2 is 1.95 bits per heavy atom. The number of aromatic nitrogens is 1. The molecule has 2 heterocycles. The molecule has 2 N–H and O–H groups in total. The summed E-state index contributed by atoms with van der Waals surface area (Å²) in [5.41, 5.74) is 0.719. The minimum absolute atomic E-state index is 0.0172. The van der Waals surface area contributed by atoms with Crippen LogP contribution in [0.5, 0.6) is 0 Å². The lowest BCUT2D eigenvalue weighted by molar-refractivity contribution is -0.121. The molecule has 1 aliphatic carbocycles. The van der Waals surface area contributed by atoms with Crippen molar-refractivity contribution in [3.8, 4) is 0 Å². The lowest BCUT2D eigenvalue weighted by atomic mass is 9.96. The second kappa shape index (κ2) is 6.11. The summed E-state index contributed by atoms with van der Waals surface area (Å²) < 4.78 is 0. The highest BCUT2D eigenvalue weighted by molar-refractivity contribution is 5.92. The number of urea groups is 1. The van der Waals surface area contributed by atoms with Crippen molar-refractivity contribution in [1.29, 1.82) is 0 Å². The zero-order chi connectivity index (χ0) is 14.7. The van der Waals surface area contributed by atoms with E-state index in [1.165, 1.54) is 0 Å². The fourth-order valence-corrected chi connectivity index (χ4v) is 2.52. The van der Waals surface area contributed by atoms with Crippen molar-refractivity contribution in [2.75, 3.05) is 18.4 Å². The standard InChI is InChI=1S/C15H20N4O2/c20-14(17-13-2-1-7-16-10-13)11-5-8-19(9-6-11)15(21)18-12-3-4-12/h1-2,7,10-12H,3-6,8-9H2,(H,17,20)(H,18,21). The van der Waals surface area contributed by atoms with Crippen LogP contribution in [0.4, 0.5) is 10.5 Å². The first-order valence-electron chi connectivity index (χ1n) is 7.49. The Hall–Kier alpha value is -2.11. The summed E-state index contributed by atoms with van der Waals surface area (Å²) in [4.78, 5) is 29.9. The van der Waals surface area contributed by atoms with Crippen LogP contribution in [0.2, 0.25) is 0 Å². The molecular weight excluding hydrogens is 268 g/mol. The molecule has 2 aliphatic rings. The lowest BCUT2D eigenvalue weighted by Crippen LogP contribution is -2.46. The monoisotopic (exact) mass is 288 g/mol. The van der Waals surface area contributed by atoms with E-state index in [1.54, 1.807) is 18.5 Å². The van der Waals surface area contributed by atoms with Gasteiger partial charge in [0.15, 0.2) is 0 Å². The highest BCUT2D eigenvalue weighted by Gasteiger charge is 2.30. The van der Waals surface area contributed by atoms with Crippen molar-refractivity contribution in [1.82, 2.24) is 15.2 Å². The minimum atomic E-state index is -0.0322. The fourth-order valence-electron chi connectivity index (χ4n) is 2.52. The number of anilines is 1. The van der Waals surface area contributed by atoms with E-state index in [0.717, 1.165) is 18.5 Å². The first-order valence-corrected chi connectivity index (χ1v) is 7.49. The van der Waals surface area contributed by atoms with Gasteiger partial charge in [0.25, 0.3) is 0 Å². The van der Waals surface area contributed by atoms with Crippen LogP contribution in [-0.4, -0.2) is 41.0 Å². The van der Waals surface area contributed by atoms with Crippen LogP contribution in [-0.2, 0) is 4.79 Å². The molecule has 3 amide bonds. The summed E-state index contributed by atoms with van der Waals surface area (Å²) >= 11 is 0. The summed E-state index contributed by atoms with van der Waals surface area (Å²) in [6.45, 7) is 1.29. The Labute approximate surface area is 123 Å². The molecule has 21 heavy (non-hydrogen) atoms. The first kappa shape index (κ1) is 13.9. The van der Waals surface area contributed by atoms with Gasteiger partial charge in [-0.15, -0.1) is 0 Å². The summed E-state index contributed by atoms with van der Waals surface area (Å²) in [5.74, 6) is -0.0135. The minimum Gasteiger partial charge on any atom is -0.335 e. The second-order valence-corrected chi connectivity index (χ2v) is 5.72. The van der Waals surface area contributed by atoms with E-state index in [9.17, 15) is 9.59 Å². The number of likely N-dealkylation sites (tertiary alicyclic amines) is 1. The van der Waals surface area contributed by atoms with Crippen LogP contribution in [0.25, 0.3) is 0 Å². The van der Waals surface area contributed by atoms with Gasteiger partial charge in [0, 0.05) is 31.2 Å². The molecule has 0 atom stereocenters. The average Bonchev–Trinajstić information content (AvgIpc) is 3.32. The molecule has 112 valence electrons. The number of nitrogens with zero attached hydrogens (tertiary/aromatic N) is 2. The maximum Gasteiger partial charge on any atom is 0.317 e. The fraction of sp³-hybridized carbons (Fsp3) is 0.533. The van der Waals surface area contributed by atoms with Gasteiger partial charge >= 0.3 is 6.03 Å². The van der Waals surface area contributed by atoms with Crippen molar-refractivity contribution < 1.29 is 9.59 Å². The topological polar surface area (TPSA) is 74.3 Å². The van der Waals surface area contributed by atoms with E-state index >= 15 is 0 Å². The van der Waals surface area contributed by atoms with Crippen molar-refractivity contribution in [3.05, 3.63) is 24.5 Å². The third-order valence-corrected chi connectivity index (χ3v) is 3.99. The number of carbonyl (C=O) groups excluding carboxylic acids is 2. The van der Waals surface area contributed by atoms with Gasteiger partial charge in [0.1, 0.15) is 0 Å². The predicted molar refractivity (Wildman–Crippen MR) is 78.7 cm³/mol. The highest BCUT2D eigenvalue weighted by Crippen LogP contribution is 2.22. The van der Waals surface area contributed by atoms with Crippen molar-refractivity contribution >= 4 is 17.6 Å². The van der Waals surface area contributed by atoms with Crippen molar-refractivity contribution in [2.24, 2.45) is 5.92 Å². The van der Waals surface area contributed by atoms with Gasteiger partial charge in [0.2, 0.25) is 5.91 Å². The SMILES string of the molecule is O=C(Nc1cccnc1)C1CCN(C(=O)NC2CC2)CC1. The highest BCUT2D eigenvalue weighted by atomic mass is 16.2. The molecule has 1 aromatic heterocycles. The van der Waals surface area contributed by atoms with Gasteiger partial charge in [-0.25, -0.2) is 4.79 Å². The van der Waals surface area contributed by atoms with Crippen LogP contribution in [0.1, 0.15) is 25.7 Å². The van der Waals surface area contributed by atoms with E-state index in [2.05, 4.69) is 15.6 Å². The summed E-state index contributed by atoms with van der Waals surface area (Å²) in [6, 6.07) is 4.01. The van der Waals surface area contributed by atoms with Gasteiger partial charge < -0.3 is 15.5 Å². The van der Waals surface area contributed by atoms with E-state index in [4.69, 9.17) is 0 Å². The Morgan fingerprint density at radius 1 is 1.19 bits per heavy atom. The molecule has 0 unspecified atom stereocenters. The van der Waals surface area contributed by atoms with Crippen LogP contribution in [0.3, 0.4) is 0 Å². The molecule has 1 aromatic rings. The molecule has 0 radical (unpaired) electrons. The first-order chi connectivity index (χ1) is 10.2. The second-order valence-electron chi connectivity index (χ2n) is 5.72. The van der Waals surface area contributed by atoms with Gasteiger partial charge in [-0.3, -0.25) is 9.78 Å². The summed E-state index contributed by atoms with van der Waals surface area (Å²) in [7, 11) is 0. The zero-order valence-electron chi connectivity index (χ0n) is 11.9. The molecule has 3 rings (SSSR count). The van der Waals surface area contributed by atoms with Crippen molar-refractivity contribution in [3.63, 3.8) is 0 Å². The molecule has 6 nitrogen and oxygen atoms in total. The molecular formula is C15H20N4O2.